The van der Waals surface area contributed by atoms with Gasteiger partial charge in [0.2, 0.25) is 0 Å². The van der Waals surface area contributed by atoms with E-state index in [4.69, 9.17) is 9.73 Å². The van der Waals surface area contributed by atoms with Gasteiger partial charge in [0.15, 0.2) is 0 Å². The molecular weight excluding hydrogens is 320 g/mol. The molecule has 1 aliphatic heterocycles. The van der Waals surface area contributed by atoms with Crippen molar-refractivity contribution in [1.29, 1.82) is 0 Å². The lowest BCUT2D eigenvalue weighted by molar-refractivity contribution is -0.384. The van der Waals surface area contributed by atoms with Gasteiger partial charge in [-0.1, -0.05) is 30.3 Å². The lowest BCUT2D eigenvalue weighted by atomic mass is 9.77. The molecule has 2 aromatic rings. The maximum atomic E-state index is 12.5. The SMILES string of the molecule is COC(=O)[C@@]1(C)CC(c2ccc([N+](=O)[O-])cc2)=N[C@H]1c1ccccc1. The summed E-state index contributed by atoms with van der Waals surface area (Å²) in [6.07, 6.45) is 0.414. The molecular formula is C19H18N2O4. The fourth-order valence-corrected chi connectivity index (χ4v) is 3.24. The van der Waals surface area contributed by atoms with Crippen LogP contribution in [0, 0.1) is 15.5 Å². The third-order valence-corrected chi connectivity index (χ3v) is 4.60. The molecule has 25 heavy (non-hydrogen) atoms. The first-order valence-corrected chi connectivity index (χ1v) is 7.90. The number of rotatable bonds is 4. The minimum atomic E-state index is -0.812. The number of carbonyl (C=O) groups is 1. The second kappa shape index (κ2) is 6.47. The van der Waals surface area contributed by atoms with Gasteiger partial charge in [-0.15, -0.1) is 0 Å². The van der Waals surface area contributed by atoms with Crippen LogP contribution in [-0.4, -0.2) is 23.7 Å². The number of ether oxygens (including phenoxy) is 1. The maximum Gasteiger partial charge on any atom is 0.314 e. The van der Waals surface area contributed by atoms with Gasteiger partial charge < -0.3 is 4.74 Å². The molecule has 1 aliphatic rings. The van der Waals surface area contributed by atoms with E-state index < -0.39 is 10.3 Å². The van der Waals surface area contributed by atoms with E-state index >= 15 is 0 Å². The predicted octanol–water partition coefficient (Wildman–Crippen LogP) is 3.71. The number of hydrogen-bond acceptors (Lipinski definition) is 5. The van der Waals surface area contributed by atoms with Gasteiger partial charge in [-0.2, -0.15) is 0 Å². The third kappa shape index (κ3) is 3.03. The van der Waals surface area contributed by atoms with E-state index in [9.17, 15) is 14.9 Å². The Morgan fingerprint density at radius 2 is 1.84 bits per heavy atom. The molecule has 0 spiro atoms. The number of non-ortho nitro benzene ring substituents is 1. The molecule has 0 bridgehead atoms. The van der Waals surface area contributed by atoms with E-state index in [-0.39, 0.29) is 17.7 Å². The number of nitro benzene ring substituents is 1. The highest BCUT2D eigenvalue weighted by Gasteiger charge is 2.48. The quantitative estimate of drug-likeness (QED) is 0.483. The molecule has 2 atom stereocenters. The Bertz CT molecular complexity index is 830. The van der Waals surface area contributed by atoms with Crippen molar-refractivity contribution in [2.45, 2.75) is 19.4 Å². The molecule has 0 amide bonds. The molecule has 6 heteroatoms. The third-order valence-electron chi connectivity index (χ3n) is 4.60. The molecule has 0 saturated carbocycles. The predicted molar refractivity (Wildman–Crippen MR) is 93.6 cm³/mol. The Morgan fingerprint density at radius 1 is 1.20 bits per heavy atom. The van der Waals surface area contributed by atoms with Crippen LogP contribution in [0.5, 0.6) is 0 Å². The fourth-order valence-electron chi connectivity index (χ4n) is 3.24. The highest BCUT2D eigenvalue weighted by molar-refractivity contribution is 6.05. The first-order chi connectivity index (χ1) is 12.0. The average molecular weight is 338 g/mol. The smallest absolute Gasteiger partial charge is 0.314 e. The van der Waals surface area contributed by atoms with E-state index in [2.05, 4.69) is 0 Å². The van der Waals surface area contributed by atoms with Crippen molar-refractivity contribution in [2.24, 2.45) is 10.4 Å². The lowest BCUT2D eigenvalue weighted by Crippen LogP contribution is -2.32. The molecule has 0 fully saturated rings. The maximum absolute atomic E-state index is 12.5. The highest BCUT2D eigenvalue weighted by Crippen LogP contribution is 2.47. The summed E-state index contributed by atoms with van der Waals surface area (Å²) in [6, 6.07) is 15.5. The van der Waals surface area contributed by atoms with Crippen molar-refractivity contribution in [3.63, 3.8) is 0 Å². The van der Waals surface area contributed by atoms with Crippen molar-refractivity contribution >= 4 is 17.4 Å². The van der Waals surface area contributed by atoms with Gasteiger partial charge in [0.1, 0.15) is 0 Å². The normalized spacial score (nSPS) is 22.3. The Hall–Kier alpha value is -3.02. The molecule has 0 aromatic heterocycles. The summed E-state index contributed by atoms with van der Waals surface area (Å²) in [5, 5.41) is 10.8. The van der Waals surface area contributed by atoms with Gasteiger partial charge >= 0.3 is 5.97 Å². The molecule has 0 saturated heterocycles. The van der Waals surface area contributed by atoms with Gasteiger partial charge in [0.05, 0.1) is 23.5 Å². The van der Waals surface area contributed by atoms with Crippen LogP contribution in [0.15, 0.2) is 59.6 Å². The summed E-state index contributed by atoms with van der Waals surface area (Å²) in [4.78, 5) is 27.6. The van der Waals surface area contributed by atoms with Crippen molar-refractivity contribution in [3.8, 4) is 0 Å². The number of benzene rings is 2. The zero-order valence-electron chi connectivity index (χ0n) is 14.0. The Kier molecular flexibility index (Phi) is 4.35. The second-order valence-corrected chi connectivity index (χ2v) is 6.28. The van der Waals surface area contributed by atoms with Gasteiger partial charge in [-0.25, -0.2) is 0 Å². The van der Waals surface area contributed by atoms with E-state index in [0.717, 1.165) is 16.8 Å². The van der Waals surface area contributed by atoms with Crippen LogP contribution in [0.1, 0.15) is 30.5 Å². The molecule has 6 nitrogen and oxygen atoms in total. The monoisotopic (exact) mass is 338 g/mol. The molecule has 2 aromatic carbocycles. The van der Waals surface area contributed by atoms with E-state index in [1.807, 2.05) is 37.3 Å². The molecule has 0 radical (unpaired) electrons. The van der Waals surface area contributed by atoms with E-state index in [1.165, 1.54) is 19.2 Å². The molecule has 0 N–H and O–H groups in total. The van der Waals surface area contributed by atoms with Crippen LogP contribution in [0.25, 0.3) is 0 Å². The topological polar surface area (TPSA) is 81.8 Å². The summed E-state index contributed by atoms with van der Waals surface area (Å²) in [6.45, 7) is 1.85. The lowest BCUT2D eigenvalue weighted by Gasteiger charge is -2.27. The van der Waals surface area contributed by atoms with Gasteiger partial charge in [-0.05, 0) is 30.2 Å². The Labute approximate surface area is 145 Å². The van der Waals surface area contributed by atoms with Gasteiger partial charge in [0, 0.05) is 24.3 Å². The highest BCUT2D eigenvalue weighted by atomic mass is 16.6. The van der Waals surface area contributed by atoms with Crippen LogP contribution < -0.4 is 0 Å². The summed E-state index contributed by atoms with van der Waals surface area (Å²) in [7, 11) is 1.37. The number of carbonyl (C=O) groups excluding carboxylic acids is 1. The Morgan fingerprint density at radius 3 is 2.40 bits per heavy atom. The first kappa shape index (κ1) is 16.8. The molecule has 0 aliphatic carbocycles. The standard InChI is InChI=1S/C19H18N2O4/c1-19(18(22)25-2)12-16(13-8-10-15(11-9-13)21(23)24)20-17(19)14-6-4-3-5-7-14/h3-11,17H,12H2,1-2H3/t17-,19-/m0/s1. The minimum absolute atomic E-state index is 0.0256. The number of nitrogens with zero attached hydrogens (tertiary/aromatic N) is 2. The van der Waals surface area contributed by atoms with Crippen molar-refractivity contribution in [2.75, 3.05) is 7.11 Å². The van der Waals surface area contributed by atoms with Gasteiger partial charge in [0.25, 0.3) is 5.69 Å². The van der Waals surface area contributed by atoms with E-state index in [1.54, 1.807) is 12.1 Å². The van der Waals surface area contributed by atoms with Crippen molar-refractivity contribution in [3.05, 3.63) is 75.8 Å². The second-order valence-electron chi connectivity index (χ2n) is 6.28. The Balaban J connectivity index is 2.01. The van der Waals surface area contributed by atoms with Gasteiger partial charge in [-0.3, -0.25) is 19.9 Å². The first-order valence-electron chi connectivity index (χ1n) is 7.90. The summed E-state index contributed by atoms with van der Waals surface area (Å²) in [5.41, 5.74) is 1.67. The summed E-state index contributed by atoms with van der Waals surface area (Å²) in [5.74, 6) is -0.318. The van der Waals surface area contributed by atoms with E-state index in [0.29, 0.717) is 6.42 Å². The summed E-state index contributed by atoms with van der Waals surface area (Å²) >= 11 is 0. The van der Waals surface area contributed by atoms with Crippen LogP contribution >= 0.6 is 0 Å². The minimum Gasteiger partial charge on any atom is -0.469 e. The zero-order valence-corrected chi connectivity index (χ0v) is 14.0. The number of nitro groups is 1. The summed E-state index contributed by atoms with van der Waals surface area (Å²) < 4.78 is 5.02. The average Bonchev–Trinajstić information content (AvgIpc) is 3.00. The fraction of sp³-hybridized carbons (Fsp3) is 0.263. The van der Waals surface area contributed by atoms with Crippen LogP contribution in [0.3, 0.4) is 0 Å². The molecule has 3 rings (SSSR count). The molecule has 128 valence electrons. The zero-order chi connectivity index (χ0) is 18.0. The van der Waals surface area contributed by atoms with Crippen molar-refractivity contribution < 1.29 is 14.5 Å². The number of hydrogen-bond donors (Lipinski definition) is 0. The largest absolute Gasteiger partial charge is 0.469 e. The molecule has 0 unspecified atom stereocenters. The number of methoxy groups -OCH3 is 1. The number of aliphatic imine (C=N–C) groups is 1. The van der Waals surface area contributed by atoms with Crippen LogP contribution in [0.2, 0.25) is 0 Å². The van der Waals surface area contributed by atoms with Crippen molar-refractivity contribution in [1.82, 2.24) is 0 Å². The van der Waals surface area contributed by atoms with Crippen LogP contribution in [-0.2, 0) is 9.53 Å². The number of esters is 1. The van der Waals surface area contributed by atoms with Crippen LogP contribution in [0.4, 0.5) is 5.69 Å². The molecule has 1 heterocycles.